The molecule has 2 aromatic carbocycles. The van der Waals surface area contributed by atoms with E-state index in [2.05, 4.69) is 58.9 Å². The zero-order chi connectivity index (χ0) is 32.0. The van der Waals surface area contributed by atoms with Crippen molar-refractivity contribution in [3.63, 3.8) is 0 Å². The van der Waals surface area contributed by atoms with Crippen LogP contribution in [0.4, 0.5) is 0 Å². The van der Waals surface area contributed by atoms with Crippen LogP contribution in [0.2, 0.25) is 0 Å². The molecule has 0 fully saturated rings. The number of aromatic nitrogens is 6. The molecule has 4 aromatic rings. The van der Waals surface area contributed by atoms with Gasteiger partial charge in [-0.2, -0.15) is 0 Å². The Bertz CT molecular complexity index is 1340. The molecule has 0 aliphatic rings. The first-order valence-corrected chi connectivity index (χ1v) is 15.6. The van der Waals surface area contributed by atoms with Gasteiger partial charge in [0, 0.05) is 25.7 Å². The maximum absolute atomic E-state index is 6.02. The predicted molar refractivity (Wildman–Crippen MR) is 171 cm³/mol. The molecule has 2 N–H and O–H groups in total. The van der Waals surface area contributed by atoms with Crippen LogP contribution in [-0.4, -0.2) is 70.4 Å². The average Bonchev–Trinajstić information content (AvgIpc) is 3.68. The zero-order valence-electron chi connectivity index (χ0n) is 27.3. The summed E-state index contributed by atoms with van der Waals surface area (Å²) >= 11 is 0. The second-order valence-corrected chi connectivity index (χ2v) is 10.1. The Morgan fingerprint density at radius 3 is 1.24 bits per heavy atom. The van der Waals surface area contributed by atoms with Crippen LogP contribution in [0.15, 0.2) is 36.4 Å². The standard InChI is InChI=1S/C32H46N8O5/c1-7-29-35-36-30(8-2)39(29)33-21-23-11-13-25(41-5)27(19-23)44-17-15-43-16-18-45-28-20-24(12-14-26(28)42-6)22-34-40-31(9-3)37-38-32(40)10-4/h11-14,19-20,33-34H,7-10,15-18,21-22H2,1-6H3. The lowest BCUT2D eigenvalue weighted by Gasteiger charge is -2.16. The van der Waals surface area contributed by atoms with Gasteiger partial charge in [-0.25, -0.2) is 9.35 Å². The van der Waals surface area contributed by atoms with E-state index in [-0.39, 0.29) is 0 Å². The fourth-order valence-corrected chi connectivity index (χ4v) is 4.74. The number of methoxy groups -OCH3 is 2. The SMILES string of the molecule is CCc1nnc(CC)n1NCc1ccc(OC)c(OCCOCCOc2cc(CNn3c(CC)nnc3CC)ccc2OC)c1. The van der Waals surface area contributed by atoms with E-state index in [0.29, 0.717) is 62.5 Å². The monoisotopic (exact) mass is 622 g/mol. The molecule has 4 rings (SSSR count). The molecule has 0 atom stereocenters. The maximum Gasteiger partial charge on any atom is 0.161 e. The van der Waals surface area contributed by atoms with Gasteiger partial charge in [0.1, 0.15) is 13.2 Å². The van der Waals surface area contributed by atoms with Gasteiger partial charge in [-0.3, -0.25) is 0 Å². The van der Waals surface area contributed by atoms with Gasteiger partial charge in [0.25, 0.3) is 0 Å². The molecule has 0 bridgehead atoms. The summed E-state index contributed by atoms with van der Waals surface area (Å²) in [4.78, 5) is 0. The Balaban J connectivity index is 1.23. The van der Waals surface area contributed by atoms with Gasteiger partial charge < -0.3 is 34.5 Å². The van der Waals surface area contributed by atoms with Gasteiger partial charge in [-0.1, -0.05) is 39.8 Å². The molecule has 2 heterocycles. The maximum atomic E-state index is 6.02. The smallest absolute Gasteiger partial charge is 0.161 e. The molecule has 0 aliphatic carbocycles. The number of hydrogen-bond acceptors (Lipinski definition) is 11. The molecule has 0 spiro atoms. The number of rotatable bonds is 20. The van der Waals surface area contributed by atoms with Crippen LogP contribution in [0.3, 0.4) is 0 Å². The third-order valence-electron chi connectivity index (χ3n) is 7.17. The number of ether oxygens (including phenoxy) is 5. The normalized spacial score (nSPS) is 11.0. The molecule has 45 heavy (non-hydrogen) atoms. The van der Waals surface area contributed by atoms with Crippen LogP contribution in [-0.2, 0) is 43.5 Å². The number of aryl methyl sites for hydroxylation is 4. The van der Waals surface area contributed by atoms with E-state index >= 15 is 0 Å². The van der Waals surface area contributed by atoms with Crippen molar-refractivity contribution in [2.45, 2.75) is 66.5 Å². The van der Waals surface area contributed by atoms with E-state index in [0.717, 1.165) is 60.1 Å². The summed E-state index contributed by atoms with van der Waals surface area (Å²) in [6.07, 6.45) is 3.18. The van der Waals surface area contributed by atoms with E-state index in [4.69, 9.17) is 23.7 Å². The van der Waals surface area contributed by atoms with Crippen molar-refractivity contribution in [3.05, 3.63) is 70.8 Å². The van der Waals surface area contributed by atoms with E-state index < -0.39 is 0 Å². The molecular weight excluding hydrogens is 576 g/mol. The summed E-state index contributed by atoms with van der Waals surface area (Å²) in [6.45, 7) is 11.0. The molecule has 0 amide bonds. The van der Waals surface area contributed by atoms with E-state index in [1.54, 1.807) is 14.2 Å². The Kier molecular flexibility index (Phi) is 12.7. The molecule has 0 saturated heterocycles. The fourth-order valence-electron chi connectivity index (χ4n) is 4.74. The first-order chi connectivity index (χ1) is 22.0. The Morgan fingerprint density at radius 1 is 0.533 bits per heavy atom. The average molecular weight is 623 g/mol. The summed E-state index contributed by atoms with van der Waals surface area (Å²) in [6, 6.07) is 11.8. The highest BCUT2D eigenvalue weighted by Crippen LogP contribution is 2.29. The van der Waals surface area contributed by atoms with Crippen molar-refractivity contribution < 1.29 is 23.7 Å². The van der Waals surface area contributed by atoms with Crippen molar-refractivity contribution in [2.24, 2.45) is 0 Å². The Labute approximate surface area is 265 Å². The summed E-state index contributed by atoms with van der Waals surface area (Å²) in [5.74, 6) is 6.26. The molecule has 244 valence electrons. The minimum atomic E-state index is 0.367. The lowest BCUT2D eigenvalue weighted by molar-refractivity contribution is 0.0750. The Hall–Kier alpha value is -4.52. The lowest BCUT2D eigenvalue weighted by Crippen LogP contribution is -2.19. The number of hydrogen-bond donors (Lipinski definition) is 2. The van der Waals surface area contributed by atoms with Crippen LogP contribution >= 0.6 is 0 Å². The van der Waals surface area contributed by atoms with E-state index in [1.807, 2.05) is 45.8 Å². The van der Waals surface area contributed by atoms with Crippen molar-refractivity contribution in [3.8, 4) is 23.0 Å². The first kappa shape index (κ1) is 33.4. The summed E-state index contributed by atoms with van der Waals surface area (Å²) in [5, 5.41) is 17.0. The lowest BCUT2D eigenvalue weighted by atomic mass is 10.2. The van der Waals surface area contributed by atoms with Crippen molar-refractivity contribution in [2.75, 3.05) is 51.5 Å². The second-order valence-electron chi connectivity index (χ2n) is 10.1. The van der Waals surface area contributed by atoms with Gasteiger partial charge in [0.05, 0.1) is 40.5 Å². The van der Waals surface area contributed by atoms with Crippen LogP contribution < -0.4 is 29.8 Å². The third kappa shape index (κ3) is 8.78. The highest BCUT2D eigenvalue weighted by molar-refractivity contribution is 5.44. The fraction of sp³-hybridized carbons (Fsp3) is 0.500. The van der Waals surface area contributed by atoms with Gasteiger partial charge in [0.15, 0.2) is 46.3 Å². The summed E-state index contributed by atoms with van der Waals surface area (Å²) in [7, 11) is 3.26. The minimum Gasteiger partial charge on any atom is -0.493 e. The molecular formula is C32H46N8O5. The van der Waals surface area contributed by atoms with Crippen LogP contribution in [0.25, 0.3) is 0 Å². The number of nitrogens with zero attached hydrogens (tertiary/aromatic N) is 6. The van der Waals surface area contributed by atoms with E-state index in [9.17, 15) is 0 Å². The van der Waals surface area contributed by atoms with Crippen LogP contribution in [0.5, 0.6) is 23.0 Å². The molecule has 13 nitrogen and oxygen atoms in total. The highest BCUT2D eigenvalue weighted by atomic mass is 16.6. The summed E-state index contributed by atoms with van der Waals surface area (Å²) < 4.78 is 32.8. The molecule has 2 aromatic heterocycles. The highest BCUT2D eigenvalue weighted by Gasteiger charge is 2.12. The molecule has 0 radical (unpaired) electrons. The first-order valence-electron chi connectivity index (χ1n) is 15.6. The quantitative estimate of drug-likeness (QED) is 0.138. The molecule has 0 unspecified atom stereocenters. The molecule has 13 heteroatoms. The van der Waals surface area contributed by atoms with Crippen LogP contribution in [0, 0.1) is 0 Å². The van der Waals surface area contributed by atoms with Crippen molar-refractivity contribution >= 4 is 0 Å². The minimum absolute atomic E-state index is 0.367. The zero-order valence-corrected chi connectivity index (χ0v) is 27.3. The number of benzene rings is 2. The molecule has 0 saturated carbocycles. The topological polar surface area (TPSA) is 132 Å². The number of nitrogens with one attached hydrogen (secondary N) is 2. The van der Waals surface area contributed by atoms with Crippen molar-refractivity contribution in [1.29, 1.82) is 0 Å². The van der Waals surface area contributed by atoms with E-state index in [1.165, 1.54) is 0 Å². The van der Waals surface area contributed by atoms with Crippen LogP contribution in [0.1, 0.15) is 62.1 Å². The van der Waals surface area contributed by atoms with Crippen molar-refractivity contribution in [1.82, 2.24) is 29.7 Å². The predicted octanol–water partition coefficient (Wildman–Crippen LogP) is 4.10. The second kappa shape index (κ2) is 17.1. The molecule has 0 aliphatic heterocycles. The largest absolute Gasteiger partial charge is 0.493 e. The Morgan fingerprint density at radius 2 is 0.911 bits per heavy atom. The van der Waals surface area contributed by atoms with Gasteiger partial charge in [0.2, 0.25) is 0 Å². The van der Waals surface area contributed by atoms with Gasteiger partial charge in [-0.05, 0) is 35.4 Å². The van der Waals surface area contributed by atoms with Gasteiger partial charge in [-0.15, -0.1) is 20.4 Å². The summed E-state index contributed by atoms with van der Waals surface area (Å²) in [5.41, 5.74) is 8.93. The van der Waals surface area contributed by atoms with Gasteiger partial charge >= 0.3 is 0 Å². The third-order valence-corrected chi connectivity index (χ3v) is 7.17.